The van der Waals surface area contributed by atoms with Crippen molar-refractivity contribution in [3.63, 3.8) is 0 Å². The molecule has 0 aliphatic heterocycles. The average Bonchev–Trinajstić information content (AvgIpc) is 2.48. The molecule has 0 aliphatic carbocycles. The van der Waals surface area contributed by atoms with Crippen LogP contribution >= 0.6 is 15.9 Å². The van der Waals surface area contributed by atoms with Gasteiger partial charge in [0.05, 0.1) is 16.6 Å². The quantitative estimate of drug-likeness (QED) is 0.553. The topological polar surface area (TPSA) is 35.5 Å². The number of ether oxygens (including phenoxy) is 2. The molecule has 0 spiro atoms. The second-order valence-corrected chi connectivity index (χ2v) is 6.36. The lowest BCUT2D eigenvalue weighted by Crippen LogP contribution is -2.10. The Balaban J connectivity index is 2.11. The van der Waals surface area contributed by atoms with Crippen molar-refractivity contribution < 1.29 is 14.3 Å². The first-order valence-electron chi connectivity index (χ1n) is 7.17. The summed E-state index contributed by atoms with van der Waals surface area (Å²) in [5.74, 6) is 1.35. The molecule has 0 aromatic heterocycles. The van der Waals surface area contributed by atoms with Crippen LogP contribution in [0, 0.1) is 12.8 Å². The molecule has 4 heteroatoms. The first-order chi connectivity index (χ1) is 10.5. The lowest BCUT2D eigenvalue weighted by atomic mass is 10.2. The van der Waals surface area contributed by atoms with Crippen LogP contribution in [0.2, 0.25) is 0 Å². The fraction of sp³-hybridized carbons (Fsp3) is 0.278. The zero-order chi connectivity index (χ0) is 16.1. The van der Waals surface area contributed by atoms with Gasteiger partial charge in [0.2, 0.25) is 0 Å². The fourth-order valence-electron chi connectivity index (χ4n) is 1.83. The van der Waals surface area contributed by atoms with E-state index in [0.717, 1.165) is 15.8 Å². The number of benzene rings is 2. The van der Waals surface area contributed by atoms with Crippen LogP contribution in [-0.4, -0.2) is 12.6 Å². The van der Waals surface area contributed by atoms with Gasteiger partial charge in [-0.05, 0) is 58.6 Å². The maximum absolute atomic E-state index is 12.2. The van der Waals surface area contributed by atoms with Gasteiger partial charge in [0.15, 0.2) is 0 Å². The number of rotatable bonds is 5. The highest BCUT2D eigenvalue weighted by molar-refractivity contribution is 9.10. The van der Waals surface area contributed by atoms with E-state index < -0.39 is 0 Å². The molecule has 0 unspecified atom stereocenters. The predicted molar refractivity (Wildman–Crippen MR) is 90.6 cm³/mol. The number of halogens is 1. The van der Waals surface area contributed by atoms with E-state index in [9.17, 15) is 4.79 Å². The first-order valence-corrected chi connectivity index (χ1v) is 7.97. The van der Waals surface area contributed by atoms with Crippen molar-refractivity contribution in [1.29, 1.82) is 0 Å². The minimum Gasteiger partial charge on any atom is -0.492 e. The monoisotopic (exact) mass is 362 g/mol. The van der Waals surface area contributed by atoms with E-state index in [2.05, 4.69) is 29.8 Å². The number of hydrogen-bond acceptors (Lipinski definition) is 3. The van der Waals surface area contributed by atoms with Gasteiger partial charge in [0, 0.05) is 0 Å². The van der Waals surface area contributed by atoms with Gasteiger partial charge < -0.3 is 9.47 Å². The van der Waals surface area contributed by atoms with Crippen LogP contribution in [0.4, 0.5) is 0 Å². The van der Waals surface area contributed by atoms with Gasteiger partial charge >= 0.3 is 5.97 Å². The molecule has 0 atom stereocenters. The Kier molecular flexibility index (Phi) is 5.61. The number of hydrogen-bond donors (Lipinski definition) is 0. The van der Waals surface area contributed by atoms with Crippen molar-refractivity contribution in [1.82, 2.24) is 0 Å². The van der Waals surface area contributed by atoms with E-state index in [1.165, 1.54) is 0 Å². The fourth-order valence-corrected chi connectivity index (χ4v) is 2.32. The van der Waals surface area contributed by atoms with Crippen molar-refractivity contribution in [2.45, 2.75) is 20.8 Å². The van der Waals surface area contributed by atoms with Crippen LogP contribution < -0.4 is 9.47 Å². The zero-order valence-corrected chi connectivity index (χ0v) is 14.5. The summed E-state index contributed by atoms with van der Waals surface area (Å²) in [6.07, 6.45) is 0. The molecule has 0 N–H and O–H groups in total. The Labute approximate surface area is 139 Å². The summed E-state index contributed by atoms with van der Waals surface area (Å²) < 4.78 is 11.8. The van der Waals surface area contributed by atoms with Gasteiger partial charge in [-0.3, -0.25) is 0 Å². The summed E-state index contributed by atoms with van der Waals surface area (Å²) >= 11 is 3.43. The summed E-state index contributed by atoms with van der Waals surface area (Å²) in [6.45, 7) is 6.71. The third-order valence-corrected chi connectivity index (χ3v) is 3.66. The number of carbonyl (C=O) groups is 1. The van der Waals surface area contributed by atoms with Crippen molar-refractivity contribution in [2.75, 3.05) is 6.61 Å². The summed E-state index contributed by atoms with van der Waals surface area (Å²) in [6, 6.07) is 12.6. The molecule has 0 radical (unpaired) electrons. The Morgan fingerprint density at radius 1 is 1.14 bits per heavy atom. The van der Waals surface area contributed by atoms with Gasteiger partial charge in [-0.25, -0.2) is 4.79 Å². The van der Waals surface area contributed by atoms with Crippen LogP contribution in [0.3, 0.4) is 0 Å². The molecule has 0 amide bonds. The molecule has 0 fully saturated rings. The van der Waals surface area contributed by atoms with Crippen molar-refractivity contribution in [2.24, 2.45) is 5.92 Å². The molecule has 3 nitrogen and oxygen atoms in total. The minimum absolute atomic E-state index is 0.384. The average molecular weight is 363 g/mol. The maximum Gasteiger partial charge on any atom is 0.343 e. The van der Waals surface area contributed by atoms with E-state index in [4.69, 9.17) is 9.47 Å². The molecule has 2 aromatic carbocycles. The van der Waals surface area contributed by atoms with Gasteiger partial charge in [0.1, 0.15) is 11.5 Å². The highest BCUT2D eigenvalue weighted by Crippen LogP contribution is 2.27. The Morgan fingerprint density at radius 2 is 1.86 bits per heavy atom. The smallest absolute Gasteiger partial charge is 0.343 e. The van der Waals surface area contributed by atoms with Crippen LogP contribution in [0.1, 0.15) is 29.8 Å². The molecule has 116 valence electrons. The van der Waals surface area contributed by atoms with Gasteiger partial charge in [-0.1, -0.05) is 32.0 Å². The second kappa shape index (κ2) is 7.45. The van der Waals surface area contributed by atoms with Crippen LogP contribution in [0.25, 0.3) is 0 Å². The van der Waals surface area contributed by atoms with Gasteiger partial charge in [-0.2, -0.15) is 0 Å². The van der Waals surface area contributed by atoms with E-state index in [-0.39, 0.29) is 5.97 Å². The lowest BCUT2D eigenvalue weighted by molar-refractivity contribution is 0.0733. The molecule has 0 saturated heterocycles. The van der Waals surface area contributed by atoms with E-state index >= 15 is 0 Å². The minimum atomic E-state index is -0.384. The standard InChI is InChI=1S/C18H19BrO3/c1-12(2)11-21-17-9-8-14(10-15(17)19)18(20)22-16-7-5-4-6-13(16)3/h4-10,12H,11H2,1-3H3. The molecule has 0 bridgehead atoms. The summed E-state index contributed by atoms with van der Waals surface area (Å²) in [4.78, 5) is 12.2. The highest BCUT2D eigenvalue weighted by atomic mass is 79.9. The normalized spacial score (nSPS) is 10.6. The third kappa shape index (κ3) is 4.34. The van der Waals surface area contributed by atoms with Crippen LogP contribution in [0.5, 0.6) is 11.5 Å². The molecular weight excluding hydrogens is 344 g/mol. The maximum atomic E-state index is 12.2. The first kappa shape index (κ1) is 16.6. The van der Waals surface area contributed by atoms with Crippen molar-refractivity contribution in [3.8, 4) is 11.5 Å². The summed E-state index contributed by atoms with van der Waals surface area (Å²) in [5, 5.41) is 0. The third-order valence-electron chi connectivity index (χ3n) is 3.04. The largest absolute Gasteiger partial charge is 0.492 e. The second-order valence-electron chi connectivity index (χ2n) is 5.51. The summed E-state index contributed by atoms with van der Waals surface area (Å²) in [5.41, 5.74) is 1.40. The number of aryl methyl sites for hydroxylation is 1. The summed E-state index contributed by atoms with van der Waals surface area (Å²) in [7, 11) is 0. The highest BCUT2D eigenvalue weighted by Gasteiger charge is 2.12. The predicted octanol–water partition coefficient (Wildman–Crippen LogP) is 5.01. The van der Waals surface area contributed by atoms with E-state index in [0.29, 0.717) is 23.8 Å². The van der Waals surface area contributed by atoms with Crippen molar-refractivity contribution >= 4 is 21.9 Å². The Bertz CT molecular complexity index is 665. The number of esters is 1. The molecule has 2 rings (SSSR count). The van der Waals surface area contributed by atoms with Crippen LogP contribution in [0.15, 0.2) is 46.9 Å². The number of carbonyl (C=O) groups excluding carboxylic acids is 1. The van der Waals surface area contributed by atoms with E-state index in [1.54, 1.807) is 24.3 Å². The van der Waals surface area contributed by atoms with Crippen LogP contribution in [-0.2, 0) is 0 Å². The zero-order valence-electron chi connectivity index (χ0n) is 12.9. The molecule has 2 aromatic rings. The molecule has 22 heavy (non-hydrogen) atoms. The van der Waals surface area contributed by atoms with Gasteiger partial charge in [0.25, 0.3) is 0 Å². The molecule has 0 saturated carbocycles. The molecule has 0 heterocycles. The van der Waals surface area contributed by atoms with E-state index in [1.807, 2.05) is 25.1 Å². The van der Waals surface area contributed by atoms with Crippen molar-refractivity contribution in [3.05, 3.63) is 58.1 Å². The van der Waals surface area contributed by atoms with Gasteiger partial charge in [-0.15, -0.1) is 0 Å². The number of para-hydroxylation sites is 1. The Morgan fingerprint density at radius 3 is 2.50 bits per heavy atom. The lowest BCUT2D eigenvalue weighted by Gasteiger charge is -2.11. The SMILES string of the molecule is Cc1ccccc1OC(=O)c1ccc(OCC(C)C)c(Br)c1. The molecule has 0 aliphatic rings. The Hall–Kier alpha value is -1.81. The molecular formula is C18H19BrO3.